The minimum absolute atomic E-state index is 0.0349. The highest BCUT2D eigenvalue weighted by atomic mass is 16.2. The van der Waals surface area contributed by atoms with E-state index < -0.39 is 0 Å². The van der Waals surface area contributed by atoms with Crippen molar-refractivity contribution < 1.29 is 4.79 Å². The molecule has 17 heavy (non-hydrogen) atoms. The van der Waals surface area contributed by atoms with Gasteiger partial charge in [0.1, 0.15) is 0 Å². The zero-order valence-corrected chi connectivity index (χ0v) is 10.8. The largest absolute Gasteiger partial charge is 0.345 e. The number of hydrogen-bond donors (Lipinski definition) is 0. The molecule has 0 bridgehead atoms. The molecule has 3 nitrogen and oxygen atoms in total. The molecule has 1 atom stereocenters. The minimum Gasteiger partial charge on any atom is -0.345 e. The van der Waals surface area contributed by atoms with Gasteiger partial charge in [-0.1, -0.05) is 26.0 Å². The molecule has 0 fully saturated rings. The van der Waals surface area contributed by atoms with E-state index in [0.717, 1.165) is 5.56 Å². The average Bonchev–Trinajstić information content (AvgIpc) is 2.28. The lowest BCUT2D eigenvalue weighted by atomic mass is 9.89. The third-order valence-electron chi connectivity index (χ3n) is 2.70. The number of amides is 1. The number of nitriles is 1. The normalized spacial score (nSPS) is 12.0. The van der Waals surface area contributed by atoms with E-state index in [0.29, 0.717) is 5.56 Å². The number of rotatable bonds is 3. The Morgan fingerprint density at radius 2 is 2.00 bits per heavy atom. The van der Waals surface area contributed by atoms with Crippen LogP contribution in [0.1, 0.15) is 35.7 Å². The Balaban J connectivity index is 3.09. The number of benzene rings is 1. The predicted molar refractivity (Wildman–Crippen MR) is 67.7 cm³/mol. The molecule has 0 saturated heterocycles. The topological polar surface area (TPSA) is 44.1 Å². The molecule has 0 heterocycles. The standard InChI is InChI=1S/C14H18N2O/c1-10(2)13(9-15)11-6-5-7-12(8-11)14(17)16(3)4/h5-8,10,13H,1-4H3. The van der Waals surface area contributed by atoms with Gasteiger partial charge < -0.3 is 4.90 Å². The summed E-state index contributed by atoms with van der Waals surface area (Å²) in [6, 6.07) is 9.62. The van der Waals surface area contributed by atoms with Crippen LogP contribution in [0.2, 0.25) is 0 Å². The fraction of sp³-hybridized carbons (Fsp3) is 0.429. The van der Waals surface area contributed by atoms with E-state index in [9.17, 15) is 4.79 Å². The van der Waals surface area contributed by atoms with E-state index in [1.54, 1.807) is 20.2 Å². The molecule has 1 amide bonds. The molecule has 0 aromatic heterocycles. The van der Waals surface area contributed by atoms with Gasteiger partial charge in [0.05, 0.1) is 12.0 Å². The van der Waals surface area contributed by atoms with E-state index >= 15 is 0 Å². The van der Waals surface area contributed by atoms with E-state index in [2.05, 4.69) is 6.07 Å². The number of hydrogen-bond acceptors (Lipinski definition) is 2. The summed E-state index contributed by atoms with van der Waals surface area (Å²) in [6.07, 6.45) is 0. The monoisotopic (exact) mass is 230 g/mol. The lowest BCUT2D eigenvalue weighted by molar-refractivity contribution is 0.0827. The summed E-state index contributed by atoms with van der Waals surface area (Å²) in [7, 11) is 3.44. The third kappa shape index (κ3) is 3.07. The summed E-state index contributed by atoms with van der Waals surface area (Å²) < 4.78 is 0. The zero-order valence-electron chi connectivity index (χ0n) is 10.8. The Morgan fingerprint density at radius 3 is 2.47 bits per heavy atom. The van der Waals surface area contributed by atoms with E-state index in [-0.39, 0.29) is 17.7 Å². The fourth-order valence-corrected chi connectivity index (χ4v) is 1.73. The predicted octanol–water partition coefficient (Wildman–Crippen LogP) is 2.65. The second-order valence-electron chi connectivity index (χ2n) is 4.68. The van der Waals surface area contributed by atoms with Crippen molar-refractivity contribution in [1.82, 2.24) is 4.90 Å². The maximum Gasteiger partial charge on any atom is 0.253 e. The van der Waals surface area contributed by atoms with Crippen LogP contribution in [0.4, 0.5) is 0 Å². The van der Waals surface area contributed by atoms with Gasteiger partial charge in [-0.25, -0.2) is 0 Å². The summed E-state index contributed by atoms with van der Waals surface area (Å²) in [5, 5.41) is 9.14. The Morgan fingerprint density at radius 1 is 1.35 bits per heavy atom. The molecule has 0 aliphatic carbocycles. The molecule has 1 unspecified atom stereocenters. The van der Waals surface area contributed by atoms with E-state index in [1.165, 1.54) is 4.90 Å². The van der Waals surface area contributed by atoms with Gasteiger partial charge in [0, 0.05) is 19.7 Å². The lowest BCUT2D eigenvalue weighted by Gasteiger charge is -2.15. The maximum atomic E-state index is 11.8. The Bertz CT molecular complexity index is 444. The summed E-state index contributed by atoms with van der Waals surface area (Å²) in [6.45, 7) is 4.02. The van der Waals surface area contributed by atoms with Crippen LogP contribution in [0.15, 0.2) is 24.3 Å². The molecule has 0 radical (unpaired) electrons. The molecule has 0 spiro atoms. The first-order valence-electron chi connectivity index (χ1n) is 5.68. The smallest absolute Gasteiger partial charge is 0.253 e. The molecule has 1 aromatic carbocycles. The molecule has 90 valence electrons. The van der Waals surface area contributed by atoms with Crippen LogP contribution < -0.4 is 0 Å². The Hall–Kier alpha value is -1.82. The first-order chi connectivity index (χ1) is 7.97. The highest BCUT2D eigenvalue weighted by Gasteiger charge is 2.17. The van der Waals surface area contributed by atoms with Gasteiger partial charge in [-0.05, 0) is 23.6 Å². The molecular weight excluding hydrogens is 212 g/mol. The van der Waals surface area contributed by atoms with Crippen molar-refractivity contribution >= 4 is 5.91 Å². The van der Waals surface area contributed by atoms with Crippen molar-refractivity contribution in [2.45, 2.75) is 19.8 Å². The van der Waals surface area contributed by atoms with Crippen LogP contribution in [-0.4, -0.2) is 24.9 Å². The van der Waals surface area contributed by atoms with Crippen molar-refractivity contribution in [2.24, 2.45) is 5.92 Å². The second kappa shape index (κ2) is 5.49. The van der Waals surface area contributed by atoms with Crippen molar-refractivity contribution in [1.29, 1.82) is 5.26 Å². The Labute approximate surface area is 103 Å². The first kappa shape index (κ1) is 13.2. The Kier molecular flexibility index (Phi) is 4.28. The number of carbonyl (C=O) groups is 1. The average molecular weight is 230 g/mol. The van der Waals surface area contributed by atoms with Crippen LogP contribution in [0.25, 0.3) is 0 Å². The minimum atomic E-state index is -0.162. The van der Waals surface area contributed by atoms with Crippen molar-refractivity contribution in [2.75, 3.05) is 14.1 Å². The summed E-state index contributed by atoms with van der Waals surface area (Å²) in [4.78, 5) is 13.4. The third-order valence-corrected chi connectivity index (χ3v) is 2.70. The maximum absolute atomic E-state index is 11.8. The van der Waals surface area contributed by atoms with Gasteiger partial charge in [0.25, 0.3) is 5.91 Å². The zero-order chi connectivity index (χ0) is 13.0. The highest BCUT2D eigenvalue weighted by molar-refractivity contribution is 5.94. The first-order valence-corrected chi connectivity index (χ1v) is 5.68. The quantitative estimate of drug-likeness (QED) is 0.801. The number of nitrogens with zero attached hydrogens (tertiary/aromatic N) is 2. The van der Waals surface area contributed by atoms with Crippen LogP contribution in [0.3, 0.4) is 0 Å². The van der Waals surface area contributed by atoms with Crippen LogP contribution in [-0.2, 0) is 0 Å². The molecule has 0 saturated carbocycles. The van der Waals surface area contributed by atoms with Gasteiger partial charge >= 0.3 is 0 Å². The highest BCUT2D eigenvalue weighted by Crippen LogP contribution is 2.24. The van der Waals surface area contributed by atoms with Gasteiger partial charge in [-0.15, -0.1) is 0 Å². The molecule has 1 rings (SSSR count). The van der Waals surface area contributed by atoms with Crippen LogP contribution in [0.5, 0.6) is 0 Å². The van der Waals surface area contributed by atoms with Crippen LogP contribution >= 0.6 is 0 Å². The molecule has 1 aromatic rings. The molecular formula is C14H18N2O. The molecule has 0 aliphatic heterocycles. The van der Waals surface area contributed by atoms with Crippen molar-refractivity contribution in [3.8, 4) is 6.07 Å². The SMILES string of the molecule is CC(C)C(C#N)c1cccc(C(=O)N(C)C)c1. The summed E-state index contributed by atoms with van der Waals surface area (Å²) >= 11 is 0. The summed E-state index contributed by atoms with van der Waals surface area (Å²) in [5.74, 6) is 0.0434. The van der Waals surface area contributed by atoms with Crippen molar-refractivity contribution in [3.05, 3.63) is 35.4 Å². The van der Waals surface area contributed by atoms with E-state index in [4.69, 9.17) is 5.26 Å². The van der Waals surface area contributed by atoms with Gasteiger partial charge in [-0.3, -0.25) is 4.79 Å². The molecule has 3 heteroatoms. The van der Waals surface area contributed by atoms with E-state index in [1.807, 2.05) is 32.0 Å². The van der Waals surface area contributed by atoms with Gasteiger partial charge in [0.2, 0.25) is 0 Å². The number of carbonyl (C=O) groups excluding carboxylic acids is 1. The van der Waals surface area contributed by atoms with Crippen molar-refractivity contribution in [3.63, 3.8) is 0 Å². The molecule has 0 N–H and O–H groups in total. The summed E-state index contributed by atoms with van der Waals surface area (Å²) in [5.41, 5.74) is 1.55. The van der Waals surface area contributed by atoms with Gasteiger partial charge in [-0.2, -0.15) is 5.26 Å². The van der Waals surface area contributed by atoms with Crippen LogP contribution in [0, 0.1) is 17.2 Å². The fourth-order valence-electron chi connectivity index (χ4n) is 1.73. The second-order valence-corrected chi connectivity index (χ2v) is 4.68. The lowest BCUT2D eigenvalue weighted by Crippen LogP contribution is -2.21. The molecule has 0 aliphatic rings. The van der Waals surface area contributed by atoms with Gasteiger partial charge in [0.15, 0.2) is 0 Å².